The highest BCUT2D eigenvalue weighted by Crippen LogP contribution is 2.33. The molecule has 184 valence electrons. The molecule has 0 aliphatic heterocycles. The van der Waals surface area contributed by atoms with Crippen LogP contribution in [0.3, 0.4) is 0 Å². The predicted molar refractivity (Wildman–Crippen MR) is 139 cm³/mol. The summed E-state index contributed by atoms with van der Waals surface area (Å²) in [5.74, 6) is 0.0369. The zero-order chi connectivity index (χ0) is 24.9. The Balaban J connectivity index is 1.37. The lowest BCUT2D eigenvalue weighted by molar-refractivity contribution is -0.140. The first-order valence-electron chi connectivity index (χ1n) is 12.3. The van der Waals surface area contributed by atoms with E-state index in [2.05, 4.69) is 23.5 Å². The third-order valence-electron chi connectivity index (χ3n) is 6.69. The molecule has 1 heterocycles. The molecule has 1 amide bonds. The topological polar surface area (TPSA) is 77.8 Å². The average Bonchev–Trinajstić information content (AvgIpc) is 3.38. The SMILES string of the molecule is COC(=O)CC(c1ccc2ccc(OCC(=O)NC3C=CCCC3)cc2c1)c1ccc2occc2c1. The number of fused-ring (bicyclic) bond motifs is 2. The molecule has 5 rings (SSSR count). The second-order valence-corrected chi connectivity index (χ2v) is 9.14. The van der Waals surface area contributed by atoms with Crippen LogP contribution in [0.2, 0.25) is 0 Å². The van der Waals surface area contributed by atoms with Gasteiger partial charge in [-0.3, -0.25) is 9.59 Å². The fourth-order valence-electron chi connectivity index (χ4n) is 4.76. The molecular weight excluding hydrogens is 454 g/mol. The molecule has 0 fully saturated rings. The quantitative estimate of drug-likeness (QED) is 0.250. The van der Waals surface area contributed by atoms with E-state index in [0.717, 1.165) is 52.1 Å². The number of furan rings is 1. The highest BCUT2D eigenvalue weighted by molar-refractivity contribution is 5.86. The van der Waals surface area contributed by atoms with Crippen LogP contribution in [-0.2, 0) is 14.3 Å². The largest absolute Gasteiger partial charge is 0.484 e. The van der Waals surface area contributed by atoms with E-state index in [1.165, 1.54) is 7.11 Å². The number of hydrogen-bond donors (Lipinski definition) is 1. The number of methoxy groups -OCH3 is 1. The van der Waals surface area contributed by atoms with Gasteiger partial charge in [-0.1, -0.05) is 42.5 Å². The number of carbonyl (C=O) groups is 2. The van der Waals surface area contributed by atoms with Crippen molar-refractivity contribution in [1.82, 2.24) is 5.32 Å². The minimum atomic E-state index is -0.275. The van der Waals surface area contributed by atoms with Crippen molar-refractivity contribution in [3.8, 4) is 5.75 Å². The maximum Gasteiger partial charge on any atom is 0.306 e. The Morgan fingerprint density at radius 1 is 1.00 bits per heavy atom. The van der Waals surface area contributed by atoms with Crippen molar-refractivity contribution in [3.05, 3.63) is 90.2 Å². The maximum absolute atomic E-state index is 12.3. The summed E-state index contributed by atoms with van der Waals surface area (Å²) in [5.41, 5.74) is 2.81. The van der Waals surface area contributed by atoms with Gasteiger partial charge >= 0.3 is 5.97 Å². The first-order chi connectivity index (χ1) is 17.6. The van der Waals surface area contributed by atoms with Gasteiger partial charge < -0.3 is 19.2 Å². The molecule has 36 heavy (non-hydrogen) atoms. The fourth-order valence-corrected chi connectivity index (χ4v) is 4.76. The molecule has 0 spiro atoms. The number of esters is 1. The summed E-state index contributed by atoms with van der Waals surface area (Å²) in [6, 6.07) is 19.9. The van der Waals surface area contributed by atoms with Crippen LogP contribution in [-0.4, -0.2) is 31.6 Å². The number of benzene rings is 3. The Hall–Kier alpha value is -4.06. The lowest BCUT2D eigenvalue weighted by Gasteiger charge is -2.19. The number of hydrogen-bond acceptors (Lipinski definition) is 5. The summed E-state index contributed by atoms with van der Waals surface area (Å²) in [6.07, 6.45) is 9.15. The Labute approximate surface area is 209 Å². The lowest BCUT2D eigenvalue weighted by atomic mass is 9.87. The summed E-state index contributed by atoms with van der Waals surface area (Å²) in [5, 5.41) is 6.01. The van der Waals surface area contributed by atoms with Crippen LogP contribution in [0.15, 0.2) is 83.5 Å². The molecule has 0 bridgehead atoms. The predicted octanol–water partition coefficient (Wildman–Crippen LogP) is 5.88. The van der Waals surface area contributed by atoms with E-state index in [1.54, 1.807) is 6.26 Å². The number of allylic oxidation sites excluding steroid dienone is 1. The smallest absolute Gasteiger partial charge is 0.306 e. The van der Waals surface area contributed by atoms with Crippen LogP contribution in [0.5, 0.6) is 5.75 Å². The molecular formula is C30H29NO5. The Kier molecular flexibility index (Phi) is 7.03. The van der Waals surface area contributed by atoms with Crippen molar-refractivity contribution >= 4 is 33.6 Å². The Morgan fingerprint density at radius 2 is 1.81 bits per heavy atom. The zero-order valence-corrected chi connectivity index (χ0v) is 20.2. The molecule has 1 N–H and O–H groups in total. The van der Waals surface area contributed by atoms with Crippen molar-refractivity contribution < 1.29 is 23.5 Å². The normalized spacial score (nSPS) is 16.1. The monoisotopic (exact) mass is 483 g/mol. The van der Waals surface area contributed by atoms with Gasteiger partial charge in [0.15, 0.2) is 6.61 Å². The summed E-state index contributed by atoms with van der Waals surface area (Å²) >= 11 is 0. The number of carbonyl (C=O) groups excluding carboxylic acids is 2. The van der Waals surface area contributed by atoms with Crippen molar-refractivity contribution in [1.29, 1.82) is 0 Å². The molecule has 0 saturated heterocycles. The van der Waals surface area contributed by atoms with Gasteiger partial charge in [0.05, 0.1) is 19.8 Å². The van der Waals surface area contributed by atoms with Gasteiger partial charge in [-0.2, -0.15) is 0 Å². The minimum Gasteiger partial charge on any atom is -0.484 e. The van der Waals surface area contributed by atoms with Gasteiger partial charge in [0.25, 0.3) is 5.91 Å². The van der Waals surface area contributed by atoms with Crippen molar-refractivity contribution in [2.75, 3.05) is 13.7 Å². The molecule has 0 saturated carbocycles. The van der Waals surface area contributed by atoms with E-state index in [1.807, 2.05) is 54.6 Å². The van der Waals surface area contributed by atoms with E-state index >= 15 is 0 Å². The maximum atomic E-state index is 12.3. The third-order valence-corrected chi connectivity index (χ3v) is 6.69. The van der Waals surface area contributed by atoms with E-state index in [0.29, 0.717) is 5.75 Å². The van der Waals surface area contributed by atoms with Crippen LogP contribution < -0.4 is 10.1 Å². The van der Waals surface area contributed by atoms with Crippen molar-refractivity contribution in [2.45, 2.75) is 37.6 Å². The molecule has 4 aromatic rings. The molecule has 1 aliphatic carbocycles. The van der Waals surface area contributed by atoms with Gasteiger partial charge in [0, 0.05) is 17.3 Å². The Morgan fingerprint density at radius 3 is 2.61 bits per heavy atom. The fraction of sp³-hybridized carbons (Fsp3) is 0.267. The summed E-state index contributed by atoms with van der Waals surface area (Å²) < 4.78 is 16.3. The number of amides is 1. The molecule has 6 nitrogen and oxygen atoms in total. The second kappa shape index (κ2) is 10.7. The van der Waals surface area contributed by atoms with E-state index in [9.17, 15) is 9.59 Å². The molecule has 6 heteroatoms. The van der Waals surface area contributed by atoms with Gasteiger partial charge in [-0.25, -0.2) is 0 Å². The van der Waals surface area contributed by atoms with Crippen LogP contribution in [0, 0.1) is 0 Å². The molecule has 1 aromatic heterocycles. The first kappa shape index (κ1) is 23.7. The molecule has 2 atom stereocenters. The van der Waals surface area contributed by atoms with Crippen molar-refractivity contribution in [3.63, 3.8) is 0 Å². The minimum absolute atomic E-state index is 0.0365. The van der Waals surface area contributed by atoms with Crippen molar-refractivity contribution in [2.24, 2.45) is 0 Å². The van der Waals surface area contributed by atoms with Crippen LogP contribution in [0.1, 0.15) is 42.7 Å². The Bertz CT molecular complexity index is 1420. The standard InChI is InChI=1S/C30H29NO5/c1-34-30(33)18-27(22-10-12-28-23(15-22)13-14-35-28)21-8-7-20-9-11-26(17-24(20)16-21)36-19-29(32)31-25-5-3-2-4-6-25/h3,5,7-17,25,27H,2,4,6,18-19H2,1H3,(H,31,32). The van der Waals surface area contributed by atoms with Gasteiger partial charge in [0.2, 0.25) is 0 Å². The van der Waals surface area contributed by atoms with Crippen LogP contribution >= 0.6 is 0 Å². The number of ether oxygens (including phenoxy) is 2. The summed E-state index contributed by atoms with van der Waals surface area (Å²) in [6.45, 7) is -0.0365. The molecule has 0 radical (unpaired) electrons. The highest BCUT2D eigenvalue weighted by Gasteiger charge is 2.20. The molecule has 3 aromatic carbocycles. The van der Waals surface area contributed by atoms with E-state index in [-0.39, 0.29) is 36.9 Å². The summed E-state index contributed by atoms with van der Waals surface area (Å²) in [4.78, 5) is 24.6. The number of nitrogens with one attached hydrogen (secondary N) is 1. The lowest BCUT2D eigenvalue weighted by Crippen LogP contribution is -2.37. The average molecular weight is 484 g/mol. The molecule has 1 aliphatic rings. The van der Waals surface area contributed by atoms with Crippen LogP contribution in [0.25, 0.3) is 21.7 Å². The summed E-state index contributed by atoms with van der Waals surface area (Å²) in [7, 11) is 1.41. The first-order valence-corrected chi connectivity index (χ1v) is 12.3. The zero-order valence-electron chi connectivity index (χ0n) is 20.2. The highest BCUT2D eigenvalue weighted by atomic mass is 16.5. The van der Waals surface area contributed by atoms with E-state index < -0.39 is 0 Å². The van der Waals surface area contributed by atoms with Gasteiger partial charge in [-0.15, -0.1) is 0 Å². The van der Waals surface area contributed by atoms with Gasteiger partial charge in [-0.05, 0) is 71.5 Å². The third kappa shape index (κ3) is 5.43. The van der Waals surface area contributed by atoms with E-state index in [4.69, 9.17) is 13.9 Å². The number of rotatable bonds is 8. The van der Waals surface area contributed by atoms with Crippen LogP contribution in [0.4, 0.5) is 0 Å². The second-order valence-electron chi connectivity index (χ2n) is 9.14. The van der Waals surface area contributed by atoms with Gasteiger partial charge in [0.1, 0.15) is 11.3 Å². The molecule has 2 unspecified atom stereocenters.